The van der Waals surface area contributed by atoms with E-state index >= 15 is 0 Å². The largest absolute Gasteiger partial charge is 0.467 e. The van der Waals surface area contributed by atoms with E-state index in [1.807, 2.05) is 24.3 Å². The molecule has 1 aromatic carbocycles. The van der Waals surface area contributed by atoms with Crippen LogP contribution >= 0.6 is 11.8 Å². The van der Waals surface area contributed by atoms with E-state index in [4.69, 9.17) is 4.42 Å². The molecule has 2 aromatic heterocycles. The molecule has 1 unspecified atom stereocenters. The predicted molar refractivity (Wildman–Crippen MR) is 123 cm³/mol. The number of thioether (sulfide) groups is 1. The van der Waals surface area contributed by atoms with E-state index in [2.05, 4.69) is 53.0 Å². The molecule has 3 aromatic rings. The van der Waals surface area contributed by atoms with E-state index in [1.54, 1.807) is 6.26 Å². The van der Waals surface area contributed by atoms with Gasteiger partial charge in [0.1, 0.15) is 5.76 Å². The number of amides is 1. The third-order valence-corrected chi connectivity index (χ3v) is 7.32. The lowest BCUT2D eigenvalue weighted by molar-refractivity contribution is -0.121. The summed E-state index contributed by atoms with van der Waals surface area (Å²) in [4.78, 5) is 13.1. The first kappa shape index (κ1) is 21.7. The number of aromatic nitrogens is 3. The SMILES string of the molecule is Cc1ccccc1-c1nnc(SC(C(=O)NC2CCCC2)C(C)C)n1Cc1ccco1. The minimum absolute atomic E-state index is 0.0943. The lowest BCUT2D eigenvalue weighted by atomic mass is 10.1. The molecule has 0 radical (unpaired) electrons. The highest BCUT2D eigenvalue weighted by atomic mass is 32.2. The average Bonchev–Trinajstić information content (AvgIpc) is 3.50. The fourth-order valence-corrected chi connectivity index (χ4v) is 5.10. The molecule has 1 atom stereocenters. The highest BCUT2D eigenvalue weighted by Gasteiger charge is 2.29. The number of nitrogens with zero attached hydrogens (tertiary/aromatic N) is 3. The van der Waals surface area contributed by atoms with Crippen molar-refractivity contribution < 1.29 is 9.21 Å². The Bertz CT molecular complexity index is 1010. The first-order chi connectivity index (χ1) is 15.0. The third kappa shape index (κ3) is 5.03. The van der Waals surface area contributed by atoms with Gasteiger partial charge in [-0.15, -0.1) is 10.2 Å². The van der Waals surface area contributed by atoms with Gasteiger partial charge in [0.15, 0.2) is 11.0 Å². The van der Waals surface area contributed by atoms with Gasteiger partial charge in [-0.3, -0.25) is 9.36 Å². The summed E-state index contributed by atoms with van der Waals surface area (Å²) in [7, 11) is 0. The lowest BCUT2D eigenvalue weighted by Crippen LogP contribution is -2.41. The van der Waals surface area contributed by atoms with Crippen molar-refractivity contribution >= 4 is 17.7 Å². The van der Waals surface area contributed by atoms with Crippen molar-refractivity contribution in [3.63, 3.8) is 0 Å². The molecule has 1 N–H and O–H groups in total. The molecule has 164 valence electrons. The molecular formula is C24H30N4O2S. The molecule has 6 nitrogen and oxygen atoms in total. The van der Waals surface area contributed by atoms with Gasteiger partial charge in [-0.2, -0.15) is 0 Å². The van der Waals surface area contributed by atoms with Crippen LogP contribution in [0.15, 0.2) is 52.2 Å². The second kappa shape index (κ2) is 9.73. The number of hydrogen-bond acceptors (Lipinski definition) is 5. The maximum Gasteiger partial charge on any atom is 0.234 e. The Morgan fingerprint density at radius 1 is 1.19 bits per heavy atom. The molecule has 1 aliphatic carbocycles. The normalized spacial score (nSPS) is 15.5. The maximum absolute atomic E-state index is 13.1. The molecule has 31 heavy (non-hydrogen) atoms. The van der Waals surface area contributed by atoms with Gasteiger partial charge in [0, 0.05) is 11.6 Å². The van der Waals surface area contributed by atoms with Crippen LogP contribution in [0.4, 0.5) is 0 Å². The quantitative estimate of drug-likeness (QED) is 0.497. The van der Waals surface area contributed by atoms with Gasteiger partial charge >= 0.3 is 0 Å². The number of aryl methyl sites for hydroxylation is 1. The molecule has 1 aliphatic rings. The van der Waals surface area contributed by atoms with Crippen molar-refractivity contribution in [3.05, 3.63) is 54.0 Å². The number of nitrogens with one attached hydrogen (secondary N) is 1. The summed E-state index contributed by atoms with van der Waals surface area (Å²) in [5.74, 6) is 1.88. The first-order valence-corrected chi connectivity index (χ1v) is 11.9. The maximum atomic E-state index is 13.1. The van der Waals surface area contributed by atoms with E-state index in [9.17, 15) is 4.79 Å². The molecule has 0 aliphatic heterocycles. The summed E-state index contributed by atoms with van der Waals surface area (Å²) in [6, 6.07) is 12.3. The minimum atomic E-state index is -0.232. The van der Waals surface area contributed by atoms with Crippen molar-refractivity contribution in [2.24, 2.45) is 5.92 Å². The molecular weight excluding hydrogens is 408 g/mol. The van der Waals surface area contributed by atoms with Crippen LogP contribution in [0.25, 0.3) is 11.4 Å². The summed E-state index contributed by atoms with van der Waals surface area (Å²) in [6.07, 6.45) is 6.22. The standard InChI is InChI=1S/C24H30N4O2S/c1-16(2)21(23(29)25-18-10-5-6-11-18)31-24-27-26-22(20-13-7-4-9-17(20)3)28(24)15-19-12-8-14-30-19/h4,7-9,12-14,16,18,21H,5-6,10-11,15H2,1-3H3,(H,25,29). The highest BCUT2D eigenvalue weighted by molar-refractivity contribution is 8.00. The highest BCUT2D eigenvalue weighted by Crippen LogP contribution is 2.32. The van der Waals surface area contributed by atoms with Gasteiger partial charge in [0.25, 0.3) is 0 Å². The third-order valence-electron chi connectivity index (χ3n) is 5.79. The second-order valence-electron chi connectivity index (χ2n) is 8.56. The summed E-state index contributed by atoms with van der Waals surface area (Å²) < 4.78 is 7.67. The van der Waals surface area contributed by atoms with Crippen LogP contribution in [-0.4, -0.2) is 32.0 Å². The first-order valence-electron chi connectivity index (χ1n) is 11.0. The van der Waals surface area contributed by atoms with Crippen LogP contribution in [0.1, 0.15) is 50.9 Å². The molecule has 1 saturated carbocycles. The van der Waals surface area contributed by atoms with Gasteiger partial charge in [0.2, 0.25) is 5.91 Å². The van der Waals surface area contributed by atoms with E-state index in [0.717, 1.165) is 40.7 Å². The number of rotatable bonds is 8. The van der Waals surface area contributed by atoms with Gasteiger partial charge in [-0.1, -0.05) is 62.7 Å². The number of hydrogen-bond donors (Lipinski definition) is 1. The molecule has 4 rings (SSSR count). The fourth-order valence-electron chi connectivity index (χ4n) is 4.06. The van der Waals surface area contributed by atoms with Crippen molar-refractivity contribution in [2.45, 2.75) is 69.4 Å². The van der Waals surface area contributed by atoms with Crippen molar-refractivity contribution in [1.82, 2.24) is 20.1 Å². The van der Waals surface area contributed by atoms with Crippen LogP contribution in [0, 0.1) is 12.8 Å². The Morgan fingerprint density at radius 3 is 2.65 bits per heavy atom. The van der Waals surface area contributed by atoms with Gasteiger partial charge in [0.05, 0.1) is 18.1 Å². The van der Waals surface area contributed by atoms with Crippen LogP contribution in [0.3, 0.4) is 0 Å². The number of carbonyl (C=O) groups excluding carboxylic acids is 1. The fraction of sp³-hybridized carbons (Fsp3) is 0.458. The van der Waals surface area contributed by atoms with E-state index < -0.39 is 0 Å². The Balaban J connectivity index is 1.64. The van der Waals surface area contributed by atoms with Gasteiger partial charge in [-0.25, -0.2) is 0 Å². The Hall–Kier alpha value is -2.54. The van der Waals surface area contributed by atoms with E-state index in [1.165, 1.54) is 24.6 Å². The van der Waals surface area contributed by atoms with Crippen LogP contribution < -0.4 is 5.32 Å². The predicted octanol–water partition coefficient (Wildman–Crippen LogP) is 5.07. The van der Waals surface area contributed by atoms with E-state index in [0.29, 0.717) is 12.6 Å². The number of benzene rings is 1. The number of furan rings is 1. The molecule has 7 heteroatoms. The van der Waals surface area contributed by atoms with Crippen LogP contribution in [0.2, 0.25) is 0 Å². The average molecular weight is 439 g/mol. The summed E-state index contributed by atoms with van der Waals surface area (Å²) in [5, 5.41) is 12.8. The molecule has 0 bridgehead atoms. The zero-order valence-corrected chi connectivity index (χ0v) is 19.2. The Morgan fingerprint density at radius 2 is 1.97 bits per heavy atom. The van der Waals surface area contributed by atoms with E-state index in [-0.39, 0.29) is 17.1 Å². The molecule has 0 spiro atoms. The lowest BCUT2D eigenvalue weighted by Gasteiger charge is -2.22. The molecule has 1 amide bonds. The Labute approximate surface area is 187 Å². The number of carbonyl (C=O) groups is 1. The summed E-state index contributed by atoms with van der Waals surface area (Å²) in [5.41, 5.74) is 2.16. The van der Waals surface area contributed by atoms with Gasteiger partial charge in [-0.05, 0) is 43.4 Å². The monoisotopic (exact) mass is 438 g/mol. The zero-order chi connectivity index (χ0) is 21.8. The van der Waals surface area contributed by atoms with Crippen molar-refractivity contribution in [2.75, 3.05) is 0 Å². The second-order valence-corrected chi connectivity index (χ2v) is 9.67. The minimum Gasteiger partial charge on any atom is -0.467 e. The summed E-state index contributed by atoms with van der Waals surface area (Å²) in [6.45, 7) is 6.75. The zero-order valence-electron chi connectivity index (χ0n) is 18.4. The van der Waals surface area contributed by atoms with Crippen molar-refractivity contribution in [3.8, 4) is 11.4 Å². The topological polar surface area (TPSA) is 73.0 Å². The van der Waals surface area contributed by atoms with Gasteiger partial charge < -0.3 is 9.73 Å². The smallest absolute Gasteiger partial charge is 0.234 e. The summed E-state index contributed by atoms with van der Waals surface area (Å²) >= 11 is 1.49. The van der Waals surface area contributed by atoms with Crippen molar-refractivity contribution in [1.29, 1.82) is 0 Å². The van der Waals surface area contributed by atoms with Crippen LogP contribution in [0.5, 0.6) is 0 Å². The molecule has 1 fully saturated rings. The van der Waals surface area contributed by atoms with Crippen LogP contribution in [-0.2, 0) is 11.3 Å². The molecule has 0 saturated heterocycles. The Kier molecular flexibility index (Phi) is 6.80. The molecule has 2 heterocycles.